The number of amidine groups is 1. The summed E-state index contributed by atoms with van der Waals surface area (Å²) in [6.07, 6.45) is 0.690. The van der Waals surface area contributed by atoms with E-state index in [1.54, 1.807) is 0 Å². The van der Waals surface area contributed by atoms with Gasteiger partial charge in [0.15, 0.2) is 15.0 Å². The van der Waals surface area contributed by atoms with E-state index in [4.69, 9.17) is 0 Å². The van der Waals surface area contributed by atoms with Crippen LogP contribution in [0.15, 0.2) is 35.3 Å². The van der Waals surface area contributed by atoms with Crippen molar-refractivity contribution in [3.05, 3.63) is 35.9 Å². The smallest absolute Gasteiger partial charge is 0.255 e. The zero-order valence-electron chi connectivity index (χ0n) is 13.2. The maximum Gasteiger partial charge on any atom is 0.255 e. The van der Waals surface area contributed by atoms with E-state index in [1.807, 2.05) is 49.2 Å². The van der Waals surface area contributed by atoms with Gasteiger partial charge < -0.3 is 4.90 Å². The molecule has 1 aromatic carbocycles. The summed E-state index contributed by atoms with van der Waals surface area (Å²) in [7, 11) is -1.13. The molecule has 2 aliphatic rings. The summed E-state index contributed by atoms with van der Waals surface area (Å²) >= 11 is 1.42. The van der Waals surface area contributed by atoms with Crippen LogP contribution in [0.5, 0.6) is 0 Å². The van der Waals surface area contributed by atoms with Crippen molar-refractivity contribution < 1.29 is 13.2 Å². The third-order valence-corrected chi connectivity index (χ3v) is 7.74. The van der Waals surface area contributed by atoms with Gasteiger partial charge in [0.2, 0.25) is 0 Å². The number of aliphatic imine (C=N–C) groups is 1. The highest BCUT2D eigenvalue weighted by Crippen LogP contribution is 2.37. The van der Waals surface area contributed by atoms with Crippen LogP contribution in [0, 0.1) is 0 Å². The number of carbonyl (C=O) groups is 1. The largest absolute Gasteiger partial charge is 0.349 e. The highest BCUT2D eigenvalue weighted by atomic mass is 32.2. The van der Waals surface area contributed by atoms with Crippen LogP contribution in [-0.4, -0.2) is 54.2 Å². The Hall–Kier alpha value is -1.34. The second-order valence-electron chi connectivity index (χ2n) is 6.02. The minimum atomic E-state index is -2.96. The van der Waals surface area contributed by atoms with Gasteiger partial charge in [-0.15, -0.1) is 0 Å². The first-order valence-electron chi connectivity index (χ1n) is 7.68. The van der Waals surface area contributed by atoms with E-state index in [-0.39, 0.29) is 34.6 Å². The van der Waals surface area contributed by atoms with Gasteiger partial charge in [-0.2, -0.15) is 4.99 Å². The number of nitrogens with zero attached hydrogens (tertiary/aromatic N) is 2. The number of thioether (sulfide) groups is 1. The van der Waals surface area contributed by atoms with Crippen LogP contribution in [0.1, 0.15) is 24.8 Å². The number of amides is 1. The molecule has 124 valence electrons. The molecule has 1 amide bonds. The normalized spacial score (nSPS) is 28.8. The molecule has 0 N–H and O–H groups in total. The molecule has 0 aliphatic carbocycles. The molecule has 0 bridgehead atoms. The van der Waals surface area contributed by atoms with E-state index in [9.17, 15) is 13.2 Å². The lowest BCUT2D eigenvalue weighted by molar-refractivity contribution is -0.119. The molecule has 7 heteroatoms. The quantitative estimate of drug-likeness (QED) is 0.831. The monoisotopic (exact) mass is 352 g/mol. The molecule has 3 rings (SSSR count). The van der Waals surface area contributed by atoms with Crippen LogP contribution in [0.3, 0.4) is 0 Å². The molecule has 0 radical (unpaired) electrons. The van der Waals surface area contributed by atoms with Gasteiger partial charge in [0.05, 0.1) is 23.5 Å². The predicted octanol–water partition coefficient (Wildman–Crippen LogP) is 1.91. The SMILES string of the molecule is CC[C@H](C(=O)N=C1S[C@@H]2CS(=O)(=O)C[C@H]2N1C)c1ccccc1. The summed E-state index contributed by atoms with van der Waals surface area (Å²) < 4.78 is 23.4. The fourth-order valence-electron chi connectivity index (χ4n) is 3.15. The predicted molar refractivity (Wildman–Crippen MR) is 93.5 cm³/mol. The zero-order valence-corrected chi connectivity index (χ0v) is 14.8. The van der Waals surface area contributed by atoms with Crippen LogP contribution < -0.4 is 0 Å². The number of hydrogen-bond donors (Lipinski definition) is 0. The number of sulfone groups is 1. The van der Waals surface area contributed by atoms with Crippen molar-refractivity contribution in [2.75, 3.05) is 18.6 Å². The maximum atomic E-state index is 12.6. The maximum absolute atomic E-state index is 12.6. The Labute approximate surface area is 141 Å². The van der Waals surface area contributed by atoms with Crippen LogP contribution >= 0.6 is 11.8 Å². The topological polar surface area (TPSA) is 66.8 Å². The van der Waals surface area contributed by atoms with Crippen LogP contribution in [0.2, 0.25) is 0 Å². The van der Waals surface area contributed by atoms with Gasteiger partial charge in [-0.1, -0.05) is 49.0 Å². The lowest BCUT2D eigenvalue weighted by Gasteiger charge is -2.18. The van der Waals surface area contributed by atoms with Gasteiger partial charge >= 0.3 is 0 Å². The van der Waals surface area contributed by atoms with Crippen LogP contribution in [0.4, 0.5) is 0 Å². The third kappa shape index (κ3) is 3.30. The Kier molecular flexibility index (Phi) is 4.51. The lowest BCUT2D eigenvalue weighted by atomic mass is 9.96. The number of hydrogen-bond acceptors (Lipinski definition) is 4. The molecule has 0 saturated carbocycles. The van der Waals surface area contributed by atoms with Crippen molar-refractivity contribution in [1.82, 2.24) is 4.90 Å². The van der Waals surface area contributed by atoms with Crippen LogP contribution in [-0.2, 0) is 14.6 Å². The first-order chi connectivity index (χ1) is 10.9. The minimum Gasteiger partial charge on any atom is -0.349 e. The summed E-state index contributed by atoms with van der Waals surface area (Å²) in [6, 6.07) is 9.59. The first kappa shape index (κ1) is 16.5. The Morgan fingerprint density at radius 3 is 2.65 bits per heavy atom. The Balaban J connectivity index is 1.78. The minimum absolute atomic E-state index is 0.00616. The van der Waals surface area contributed by atoms with Crippen molar-refractivity contribution in [1.29, 1.82) is 0 Å². The molecule has 5 nitrogen and oxygen atoms in total. The van der Waals surface area contributed by atoms with Gasteiger partial charge in [-0.3, -0.25) is 4.79 Å². The van der Waals surface area contributed by atoms with Crippen molar-refractivity contribution in [3.8, 4) is 0 Å². The third-order valence-electron chi connectivity index (χ3n) is 4.44. The van der Waals surface area contributed by atoms with Crippen LogP contribution in [0.25, 0.3) is 0 Å². The van der Waals surface area contributed by atoms with Gasteiger partial charge in [0.25, 0.3) is 5.91 Å². The van der Waals surface area contributed by atoms with Crippen molar-refractivity contribution in [2.45, 2.75) is 30.6 Å². The summed E-state index contributed by atoms with van der Waals surface area (Å²) in [5, 5.41) is 0.641. The average Bonchev–Trinajstić information content (AvgIpc) is 2.95. The van der Waals surface area contributed by atoms with E-state index < -0.39 is 9.84 Å². The molecule has 2 aliphatic heterocycles. The standard InChI is InChI=1S/C16H20N2O3S2/c1-3-12(11-7-5-4-6-8-11)15(19)17-16-18(2)13-9-23(20,21)10-14(13)22-16/h4-8,12-14H,3,9-10H2,1-2H3/t12-,13+,14+/m0/s1. The molecular weight excluding hydrogens is 332 g/mol. The molecule has 23 heavy (non-hydrogen) atoms. The van der Waals surface area contributed by atoms with Gasteiger partial charge in [-0.05, 0) is 12.0 Å². The summed E-state index contributed by atoms with van der Waals surface area (Å²) in [4.78, 5) is 18.7. The summed E-state index contributed by atoms with van der Waals surface area (Å²) in [6.45, 7) is 1.97. The highest BCUT2D eigenvalue weighted by Gasteiger charge is 2.47. The first-order valence-corrected chi connectivity index (χ1v) is 10.4. The van der Waals surface area contributed by atoms with Crippen molar-refractivity contribution in [2.24, 2.45) is 4.99 Å². The van der Waals surface area contributed by atoms with E-state index in [0.717, 1.165) is 5.56 Å². The molecule has 1 aromatic rings. The number of carbonyl (C=O) groups excluding carboxylic acids is 1. The average molecular weight is 352 g/mol. The van der Waals surface area contributed by atoms with Gasteiger partial charge in [0, 0.05) is 12.3 Å². The molecule has 2 saturated heterocycles. The number of fused-ring (bicyclic) bond motifs is 1. The fraction of sp³-hybridized carbons (Fsp3) is 0.500. The molecule has 0 unspecified atom stereocenters. The molecular formula is C16H20N2O3S2. The number of benzene rings is 1. The molecule has 0 aromatic heterocycles. The fourth-order valence-corrected chi connectivity index (χ4v) is 7.15. The van der Waals surface area contributed by atoms with E-state index in [2.05, 4.69) is 4.99 Å². The highest BCUT2D eigenvalue weighted by molar-refractivity contribution is 8.15. The summed E-state index contributed by atoms with van der Waals surface area (Å²) in [5.41, 5.74) is 0.970. The number of rotatable bonds is 3. The molecule has 3 atom stereocenters. The summed E-state index contributed by atoms with van der Waals surface area (Å²) in [5.74, 6) is -0.0715. The zero-order chi connectivity index (χ0) is 16.6. The molecule has 2 fully saturated rings. The van der Waals surface area contributed by atoms with Gasteiger partial charge in [0.1, 0.15) is 0 Å². The van der Waals surface area contributed by atoms with Gasteiger partial charge in [-0.25, -0.2) is 8.42 Å². The molecule has 2 heterocycles. The van der Waals surface area contributed by atoms with E-state index in [0.29, 0.717) is 11.6 Å². The molecule has 0 spiro atoms. The Morgan fingerprint density at radius 1 is 1.35 bits per heavy atom. The van der Waals surface area contributed by atoms with Crippen molar-refractivity contribution >= 4 is 32.7 Å². The lowest BCUT2D eigenvalue weighted by Crippen LogP contribution is -2.34. The van der Waals surface area contributed by atoms with Crippen molar-refractivity contribution in [3.63, 3.8) is 0 Å². The Bertz CT molecular complexity index is 731. The van der Waals surface area contributed by atoms with E-state index >= 15 is 0 Å². The second-order valence-corrected chi connectivity index (χ2v) is 9.38. The Morgan fingerprint density at radius 2 is 2.04 bits per heavy atom. The second kappa shape index (κ2) is 6.28. The van der Waals surface area contributed by atoms with E-state index in [1.165, 1.54) is 11.8 Å².